The molecule has 3 nitrogen and oxygen atoms in total. The van der Waals surface area contributed by atoms with Crippen molar-refractivity contribution >= 4 is 89.4 Å². The molecule has 0 fully saturated rings. The average molecular weight is 497 g/mol. The number of hydrogen-bond acceptors (Lipinski definition) is 1. The van der Waals surface area contributed by atoms with Gasteiger partial charge in [0.1, 0.15) is 0 Å². The Hall–Kier alpha value is 5.58. The molecule has 0 spiro atoms. The van der Waals surface area contributed by atoms with Gasteiger partial charge in [-0.25, -0.2) is 4.79 Å². The first-order chi connectivity index (χ1) is 1.73. The van der Waals surface area contributed by atoms with Crippen molar-refractivity contribution in [2.45, 2.75) is 0 Å². The van der Waals surface area contributed by atoms with Crippen LogP contribution in [0.15, 0.2) is 0 Å². The topological polar surface area (TPSA) is 57.5 Å². The first kappa shape index (κ1) is 36.5. The monoisotopic (exact) mass is 497 g/mol. The van der Waals surface area contributed by atoms with Gasteiger partial charge in [-0.1, -0.05) is 0 Å². The standard InChI is InChI=1S/CH2O3.Ca.Ce.La.Na.Sr.5H/c2-1(3)4;;;;;;;;;;/h(H2,2,3,4);;;;;;;;;;/q;+2;;;+1;+2;5*-1. The summed E-state index contributed by atoms with van der Waals surface area (Å²) in [6.45, 7) is 0. The largest absolute Gasteiger partial charge is 2.00 e. The molecule has 0 saturated heterocycles. The van der Waals surface area contributed by atoms with E-state index in [1.165, 1.54) is 0 Å². The van der Waals surface area contributed by atoms with Gasteiger partial charge in [0, 0.05) is 77.3 Å². The number of hydrogen-bond donors (Lipinski definition) is 2. The van der Waals surface area contributed by atoms with E-state index in [0.29, 0.717) is 0 Å². The van der Waals surface area contributed by atoms with Gasteiger partial charge in [-0.05, 0) is 0 Å². The molecule has 0 amide bonds. The predicted molar refractivity (Wildman–Crippen MR) is 27.7 cm³/mol. The molecule has 0 aliphatic heterocycles. The summed E-state index contributed by atoms with van der Waals surface area (Å²) >= 11 is 0. The second-order valence-corrected chi connectivity index (χ2v) is 0.283. The van der Waals surface area contributed by atoms with Crippen LogP contribution in [0.25, 0.3) is 0 Å². The summed E-state index contributed by atoms with van der Waals surface area (Å²) in [6.07, 6.45) is -1.83. The summed E-state index contributed by atoms with van der Waals surface area (Å²) < 4.78 is 0. The molecule has 0 aromatic carbocycles. The molecule has 0 rings (SSSR count). The fourth-order valence-electron chi connectivity index (χ4n) is 0. The Balaban J connectivity index is -0.000000001000. The zero-order valence-electron chi connectivity index (χ0n) is 10.3. The minimum Gasteiger partial charge on any atom is -1.00 e. The fourth-order valence-corrected chi connectivity index (χ4v) is 0. The van der Waals surface area contributed by atoms with E-state index in [0.717, 1.165) is 0 Å². The summed E-state index contributed by atoms with van der Waals surface area (Å²) in [4.78, 5) is 8.56. The van der Waals surface area contributed by atoms with Crippen LogP contribution in [0.5, 0.6) is 0 Å². The average Bonchev–Trinajstić information content (AvgIpc) is 0.811. The molecule has 0 saturated carbocycles. The van der Waals surface area contributed by atoms with E-state index in [2.05, 4.69) is 0 Å². The van der Waals surface area contributed by atoms with E-state index in [-0.39, 0.29) is 197 Å². The summed E-state index contributed by atoms with van der Waals surface area (Å²) in [6, 6.07) is 0. The molecule has 0 heterocycles. The number of rotatable bonds is 0. The van der Waals surface area contributed by atoms with Gasteiger partial charge < -0.3 is 17.3 Å². The van der Waals surface area contributed by atoms with Crippen LogP contribution < -0.4 is 29.6 Å². The van der Waals surface area contributed by atoms with Crippen LogP contribution in [-0.4, -0.2) is 99.6 Å². The van der Waals surface area contributed by atoms with Crippen LogP contribution in [0.2, 0.25) is 0 Å². The molecule has 9 heavy (non-hydrogen) atoms. The molecule has 2 N–H and O–H groups in total. The first-order valence-corrected chi connectivity index (χ1v) is 0.651. The van der Waals surface area contributed by atoms with Crippen molar-refractivity contribution in [2.24, 2.45) is 0 Å². The van der Waals surface area contributed by atoms with E-state index in [1.807, 2.05) is 0 Å². The summed E-state index contributed by atoms with van der Waals surface area (Å²) in [5, 5.41) is 13.9. The fraction of sp³-hybridized carbons (Fsp3) is 0. The van der Waals surface area contributed by atoms with Gasteiger partial charge >= 0.3 is 119 Å². The Morgan fingerprint density at radius 3 is 1.33 bits per heavy atom. The molecule has 0 aliphatic carbocycles. The van der Waals surface area contributed by atoms with Gasteiger partial charge in [0.15, 0.2) is 0 Å². The zero-order valence-corrected chi connectivity index (χ0v) is 19.7. The third-order valence-electron chi connectivity index (χ3n) is 0. The smallest absolute Gasteiger partial charge is 1.00 e. The summed E-state index contributed by atoms with van der Waals surface area (Å²) in [7, 11) is 0. The molecular formula is CH7CaCeLaNaO3Sr. The van der Waals surface area contributed by atoms with E-state index >= 15 is 0 Å². The van der Waals surface area contributed by atoms with Crippen molar-refractivity contribution < 1.29 is 129 Å². The third kappa shape index (κ3) is 58.5. The maximum Gasteiger partial charge on any atom is 2.00 e. The van der Waals surface area contributed by atoms with Crippen molar-refractivity contribution in [2.75, 3.05) is 0 Å². The minimum atomic E-state index is -1.83. The Kier molecular flexibility index (Phi) is 118. The predicted octanol–water partition coefficient (Wildman–Crippen LogP) is -2.97. The maximum absolute atomic E-state index is 8.56. The van der Waals surface area contributed by atoms with E-state index in [9.17, 15) is 0 Å². The first-order valence-electron chi connectivity index (χ1n) is 0.651. The quantitative estimate of drug-likeness (QED) is 0.352. The SMILES string of the molecule is O=C(O)O.[Ca+2].[Ce].[H-].[H-].[H-].[H-].[H-].[La].[Na+].[Sr+2]. The molecule has 8 heteroatoms. The molecule has 0 unspecified atom stereocenters. The van der Waals surface area contributed by atoms with Crippen molar-refractivity contribution in [1.82, 2.24) is 0 Å². The van der Waals surface area contributed by atoms with Gasteiger partial charge in [-0.3, -0.25) is 0 Å². The minimum absolute atomic E-state index is 0. The van der Waals surface area contributed by atoms with Crippen LogP contribution in [0.4, 0.5) is 4.79 Å². The Labute approximate surface area is 212 Å². The molecule has 1 radical (unpaired) electrons. The van der Waals surface area contributed by atoms with Gasteiger partial charge in [0.2, 0.25) is 0 Å². The molecule has 0 bridgehead atoms. The van der Waals surface area contributed by atoms with Crippen LogP contribution in [-0.2, 0) is 0 Å². The Bertz CT molecular complexity index is 60.0. The number of carboxylic acid groups (broad SMARTS) is 2. The second kappa shape index (κ2) is 29.2. The Morgan fingerprint density at radius 2 is 1.33 bits per heavy atom. The summed E-state index contributed by atoms with van der Waals surface area (Å²) in [5.74, 6) is 0. The Morgan fingerprint density at radius 1 is 1.33 bits per heavy atom. The van der Waals surface area contributed by atoms with Gasteiger partial charge in [0.05, 0.1) is 0 Å². The van der Waals surface area contributed by atoms with Crippen LogP contribution >= 0.6 is 0 Å². The van der Waals surface area contributed by atoms with Crippen molar-refractivity contribution in [3.05, 3.63) is 0 Å². The van der Waals surface area contributed by atoms with E-state index in [4.69, 9.17) is 15.0 Å². The molecule has 0 aromatic rings. The number of carbonyl (C=O) groups is 1. The van der Waals surface area contributed by atoms with E-state index < -0.39 is 6.16 Å². The molecule has 0 atom stereocenters. The molecular weight excluding hydrogens is 490 g/mol. The van der Waals surface area contributed by atoms with Crippen LogP contribution in [0.1, 0.15) is 7.13 Å². The van der Waals surface area contributed by atoms with Gasteiger partial charge in [0.25, 0.3) is 0 Å². The van der Waals surface area contributed by atoms with Crippen LogP contribution in [0.3, 0.4) is 0 Å². The third-order valence-corrected chi connectivity index (χ3v) is 0. The maximum atomic E-state index is 8.56. The van der Waals surface area contributed by atoms with Gasteiger partial charge in [-0.2, -0.15) is 0 Å². The van der Waals surface area contributed by atoms with E-state index in [1.54, 1.807) is 0 Å². The van der Waals surface area contributed by atoms with Crippen LogP contribution in [0, 0.1) is 77.3 Å². The molecule has 0 aliphatic rings. The normalized spacial score (nSPS) is 2.67. The van der Waals surface area contributed by atoms with Gasteiger partial charge in [-0.15, -0.1) is 0 Å². The van der Waals surface area contributed by atoms with Crippen molar-refractivity contribution in [1.29, 1.82) is 0 Å². The molecule has 0 aromatic heterocycles. The zero-order chi connectivity index (χ0) is 3.58. The van der Waals surface area contributed by atoms with Crippen molar-refractivity contribution in [3.63, 3.8) is 0 Å². The van der Waals surface area contributed by atoms with Crippen molar-refractivity contribution in [3.8, 4) is 0 Å². The molecule has 41 valence electrons. The summed E-state index contributed by atoms with van der Waals surface area (Å²) in [5.41, 5.74) is 0. The second-order valence-electron chi connectivity index (χ2n) is 0.283.